The number of hydrogen-bond acceptors (Lipinski definition) is 2. The van der Waals surface area contributed by atoms with Crippen LogP contribution in [0.1, 0.15) is 35.1 Å². The van der Waals surface area contributed by atoms with Gasteiger partial charge >= 0.3 is 0 Å². The standard InChI is InChI=1S/C20H23NO2/c1-15-6-2-3-9-18(15)13-21-20(22)14-23-19-11-10-16-7-4-5-8-17(16)12-19/h2-3,6,9-12H,4-5,7-8,13-14H2,1H3,(H,21,22). The summed E-state index contributed by atoms with van der Waals surface area (Å²) >= 11 is 0. The highest BCUT2D eigenvalue weighted by Crippen LogP contribution is 2.25. The van der Waals surface area contributed by atoms with E-state index >= 15 is 0 Å². The molecule has 1 aliphatic rings. The molecule has 0 aromatic heterocycles. The molecular weight excluding hydrogens is 286 g/mol. The zero-order chi connectivity index (χ0) is 16.1. The van der Waals surface area contributed by atoms with Crippen molar-refractivity contribution in [3.8, 4) is 5.75 Å². The van der Waals surface area contributed by atoms with Crippen LogP contribution < -0.4 is 10.1 Å². The summed E-state index contributed by atoms with van der Waals surface area (Å²) in [4.78, 5) is 12.0. The fraction of sp³-hybridized carbons (Fsp3) is 0.350. The molecular formula is C20H23NO2. The Morgan fingerprint density at radius 2 is 1.87 bits per heavy atom. The second-order valence-electron chi connectivity index (χ2n) is 6.13. The van der Waals surface area contributed by atoms with Crippen molar-refractivity contribution in [2.45, 2.75) is 39.2 Å². The first kappa shape index (κ1) is 15.6. The maximum absolute atomic E-state index is 12.0. The quantitative estimate of drug-likeness (QED) is 0.917. The number of carbonyl (C=O) groups excluding carboxylic acids is 1. The Labute approximate surface area is 137 Å². The third-order valence-electron chi connectivity index (χ3n) is 4.43. The molecule has 2 aromatic rings. The van der Waals surface area contributed by atoms with E-state index in [0.717, 1.165) is 24.2 Å². The minimum absolute atomic E-state index is 0.0602. The van der Waals surface area contributed by atoms with E-state index in [4.69, 9.17) is 4.74 Å². The summed E-state index contributed by atoms with van der Waals surface area (Å²) in [6, 6.07) is 14.2. The second-order valence-corrected chi connectivity index (χ2v) is 6.13. The second kappa shape index (κ2) is 7.32. The van der Waals surface area contributed by atoms with Crippen molar-refractivity contribution < 1.29 is 9.53 Å². The molecule has 3 heteroatoms. The predicted octanol–water partition coefficient (Wildman–Crippen LogP) is 3.57. The Bertz CT molecular complexity index is 694. The number of amides is 1. The molecule has 2 aromatic carbocycles. The fourth-order valence-electron chi connectivity index (χ4n) is 3.00. The monoisotopic (exact) mass is 309 g/mol. The Kier molecular flexibility index (Phi) is 4.96. The zero-order valence-electron chi connectivity index (χ0n) is 13.6. The first-order chi connectivity index (χ1) is 11.2. The SMILES string of the molecule is Cc1ccccc1CNC(=O)COc1ccc2c(c1)CCCC2. The van der Waals surface area contributed by atoms with Crippen LogP contribution >= 0.6 is 0 Å². The minimum Gasteiger partial charge on any atom is -0.484 e. The van der Waals surface area contributed by atoms with Crippen molar-refractivity contribution in [2.24, 2.45) is 0 Å². The van der Waals surface area contributed by atoms with Crippen LogP contribution in [0.4, 0.5) is 0 Å². The highest BCUT2D eigenvalue weighted by Gasteiger charge is 2.10. The van der Waals surface area contributed by atoms with Crippen LogP contribution in [0.3, 0.4) is 0 Å². The molecule has 120 valence electrons. The van der Waals surface area contributed by atoms with Gasteiger partial charge in [0.2, 0.25) is 0 Å². The van der Waals surface area contributed by atoms with E-state index in [0.29, 0.717) is 6.54 Å². The average molecular weight is 309 g/mol. The molecule has 0 spiro atoms. The molecule has 0 radical (unpaired) electrons. The van der Waals surface area contributed by atoms with Gasteiger partial charge in [-0.15, -0.1) is 0 Å². The first-order valence-corrected chi connectivity index (χ1v) is 8.28. The van der Waals surface area contributed by atoms with Crippen LogP contribution in [0.25, 0.3) is 0 Å². The Morgan fingerprint density at radius 1 is 1.09 bits per heavy atom. The molecule has 0 heterocycles. The minimum atomic E-state index is -0.0917. The maximum atomic E-state index is 12.0. The smallest absolute Gasteiger partial charge is 0.258 e. The molecule has 0 saturated carbocycles. The van der Waals surface area contributed by atoms with Crippen LogP contribution in [0, 0.1) is 6.92 Å². The third-order valence-corrected chi connectivity index (χ3v) is 4.43. The molecule has 3 nitrogen and oxygen atoms in total. The van der Waals surface area contributed by atoms with E-state index in [9.17, 15) is 4.79 Å². The summed E-state index contributed by atoms with van der Waals surface area (Å²) in [5.74, 6) is 0.697. The molecule has 0 bridgehead atoms. The van der Waals surface area contributed by atoms with Crippen LogP contribution in [-0.2, 0) is 24.2 Å². The van der Waals surface area contributed by atoms with E-state index in [2.05, 4.69) is 17.4 Å². The lowest BCUT2D eigenvalue weighted by Crippen LogP contribution is -2.28. The number of aryl methyl sites for hydroxylation is 3. The van der Waals surface area contributed by atoms with Gasteiger partial charge in [-0.1, -0.05) is 30.3 Å². The number of fused-ring (bicyclic) bond motifs is 1. The molecule has 1 amide bonds. The number of nitrogens with one attached hydrogen (secondary N) is 1. The number of hydrogen-bond donors (Lipinski definition) is 1. The van der Waals surface area contributed by atoms with Gasteiger partial charge in [-0.05, 0) is 67.0 Å². The lowest BCUT2D eigenvalue weighted by Gasteiger charge is -2.16. The molecule has 23 heavy (non-hydrogen) atoms. The van der Waals surface area contributed by atoms with Crippen molar-refractivity contribution in [2.75, 3.05) is 6.61 Å². The summed E-state index contributed by atoms with van der Waals surface area (Å²) in [5.41, 5.74) is 5.11. The normalized spacial score (nSPS) is 13.3. The van der Waals surface area contributed by atoms with Gasteiger partial charge < -0.3 is 10.1 Å². The van der Waals surface area contributed by atoms with E-state index in [1.165, 1.54) is 29.5 Å². The molecule has 0 atom stereocenters. The van der Waals surface area contributed by atoms with Crippen LogP contribution in [0.5, 0.6) is 5.75 Å². The molecule has 0 aliphatic heterocycles. The molecule has 3 rings (SSSR count). The van der Waals surface area contributed by atoms with E-state index in [-0.39, 0.29) is 12.5 Å². The summed E-state index contributed by atoms with van der Waals surface area (Å²) in [7, 11) is 0. The summed E-state index contributed by atoms with van der Waals surface area (Å²) in [5, 5.41) is 2.91. The zero-order valence-corrected chi connectivity index (χ0v) is 13.6. The topological polar surface area (TPSA) is 38.3 Å². The number of benzene rings is 2. The fourth-order valence-corrected chi connectivity index (χ4v) is 3.00. The summed E-state index contributed by atoms with van der Waals surface area (Å²) < 4.78 is 5.64. The van der Waals surface area contributed by atoms with E-state index < -0.39 is 0 Å². The highest BCUT2D eigenvalue weighted by atomic mass is 16.5. The highest BCUT2D eigenvalue weighted by molar-refractivity contribution is 5.77. The van der Waals surface area contributed by atoms with Gasteiger partial charge in [0, 0.05) is 6.54 Å². The van der Waals surface area contributed by atoms with Gasteiger partial charge in [0.1, 0.15) is 5.75 Å². The van der Waals surface area contributed by atoms with Gasteiger partial charge in [-0.3, -0.25) is 4.79 Å². The van der Waals surface area contributed by atoms with Crippen molar-refractivity contribution in [1.82, 2.24) is 5.32 Å². The lowest BCUT2D eigenvalue weighted by atomic mass is 9.92. The maximum Gasteiger partial charge on any atom is 0.258 e. The third kappa shape index (κ3) is 4.13. The number of ether oxygens (including phenoxy) is 1. The first-order valence-electron chi connectivity index (χ1n) is 8.28. The summed E-state index contributed by atoms with van der Waals surface area (Å²) in [6.45, 7) is 2.65. The van der Waals surface area contributed by atoms with Gasteiger partial charge in [-0.2, -0.15) is 0 Å². The number of rotatable bonds is 5. The summed E-state index contributed by atoms with van der Waals surface area (Å²) in [6.07, 6.45) is 4.79. The van der Waals surface area contributed by atoms with Gasteiger partial charge in [0.05, 0.1) is 0 Å². The van der Waals surface area contributed by atoms with Crippen molar-refractivity contribution in [1.29, 1.82) is 0 Å². The van der Waals surface area contributed by atoms with Crippen molar-refractivity contribution in [3.05, 3.63) is 64.7 Å². The van der Waals surface area contributed by atoms with Crippen LogP contribution in [-0.4, -0.2) is 12.5 Å². The predicted molar refractivity (Wildman–Crippen MR) is 91.6 cm³/mol. The van der Waals surface area contributed by atoms with Crippen LogP contribution in [0.15, 0.2) is 42.5 Å². The number of carbonyl (C=O) groups is 1. The average Bonchev–Trinajstić information content (AvgIpc) is 2.59. The molecule has 0 unspecified atom stereocenters. The van der Waals surface area contributed by atoms with Gasteiger partial charge in [-0.25, -0.2) is 0 Å². The largest absolute Gasteiger partial charge is 0.484 e. The van der Waals surface area contributed by atoms with Crippen LogP contribution in [0.2, 0.25) is 0 Å². The van der Waals surface area contributed by atoms with E-state index in [1.807, 2.05) is 37.3 Å². The van der Waals surface area contributed by atoms with Gasteiger partial charge in [0.25, 0.3) is 5.91 Å². The van der Waals surface area contributed by atoms with E-state index in [1.54, 1.807) is 0 Å². The Hall–Kier alpha value is -2.29. The Balaban J connectivity index is 1.50. The van der Waals surface area contributed by atoms with Crippen molar-refractivity contribution in [3.63, 3.8) is 0 Å². The lowest BCUT2D eigenvalue weighted by molar-refractivity contribution is -0.123. The van der Waals surface area contributed by atoms with Gasteiger partial charge in [0.15, 0.2) is 6.61 Å². The molecule has 1 aliphatic carbocycles. The molecule has 0 saturated heterocycles. The molecule has 0 fully saturated rings. The molecule has 1 N–H and O–H groups in total. The van der Waals surface area contributed by atoms with Crippen molar-refractivity contribution >= 4 is 5.91 Å². The Morgan fingerprint density at radius 3 is 2.70 bits per heavy atom.